The summed E-state index contributed by atoms with van der Waals surface area (Å²) < 4.78 is 38.2. The van der Waals surface area contributed by atoms with Crippen molar-refractivity contribution in [2.24, 2.45) is 5.41 Å². The topological polar surface area (TPSA) is 45.9 Å². The minimum absolute atomic E-state index is 0.000334. The number of amides is 1. The summed E-state index contributed by atoms with van der Waals surface area (Å²) in [5, 5.41) is 0. The van der Waals surface area contributed by atoms with Crippen LogP contribution in [0.1, 0.15) is 41.1 Å². The average Bonchev–Trinajstić information content (AvgIpc) is 3.33. The molecule has 2 aliphatic heterocycles. The fraction of sp³-hybridized carbons (Fsp3) is 0.500. The van der Waals surface area contributed by atoms with Crippen molar-refractivity contribution in [3.05, 3.63) is 59.1 Å². The lowest BCUT2D eigenvalue weighted by Gasteiger charge is -2.40. The maximum atomic E-state index is 14.1. The van der Waals surface area contributed by atoms with E-state index in [1.807, 2.05) is 4.90 Å². The minimum atomic E-state index is -0.807. The molecule has 0 bridgehead atoms. The Hall–Kier alpha value is -2.25. The van der Waals surface area contributed by atoms with Crippen LogP contribution in [0.3, 0.4) is 0 Å². The summed E-state index contributed by atoms with van der Waals surface area (Å²) in [5.41, 5.74) is 0.383. The van der Waals surface area contributed by atoms with Crippen LogP contribution in [0.2, 0.25) is 0 Å². The van der Waals surface area contributed by atoms with E-state index in [4.69, 9.17) is 9.15 Å². The molecule has 1 unspecified atom stereocenters. The van der Waals surface area contributed by atoms with Gasteiger partial charge in [-0.05, 0) is 44.0 Å². The smallest absolute Gasteiger partial charge is 0.289 e. The normalized spacial score (nSPS) is 22.5. The van der Waals surface area contributed by atoms with E-state index in [-0.39, 0.29) is 11.3 Å². The fourth-order valence-corrected chi connectivity index (χ4v) is 4.67. The third-order valence-electron chi connectivity index (χ3n) is 6.05. The van der Waals surface area contributed by atoms with Crippen LogP contribution in [-0.2, 0) is 17.9 Å². The van der Waals surface area contributed by atoms with Crippen LogP contribution in [-0.4, -0.2) is 49.0 Å². The quantitative estimate of drug-likeness (QED) is 0.760. The first-order valence-corrected chi connectivity index (χ1v) is 10.0. The predicted molar refractivity (Wildman–Crippen MR) is 103 cm³/mol. The van der Waals surface area contributed by atoms with E-state index in [1.165, 1.54) is 0 Å². The largest absolute Gasteiger partial charge is 0.453 e. The van der Waals surface area contributed by atoms with Gasteiger partial charge in [-0.3, -0.25) is 9.69 Å². The van der Waals surface area contributed by atoms with Crippen molar-refractivity contribution < 1.29 is 22.7 Å². The molecule has 7 heteroatoms. The number of hydrogen-bond donors (Lipinski definition) is 0. The first kappa shape index (κ1) is 20.0. The molecule has 2 fully saturated rings. The maximum Gasteiger partial charge on any atom is 0.289 e. The van der Waals surface area contributed by atoms with E-state index in [1.54, 1.807) is 31.4 Å². The molecule has 2 aliphatic rings. The molecular weight excluding hydrogens is 378 g/mol. The summed E-state index contributed by atoms with van der Waals surface area (Å²) in [6.07, 6.45) is 2.93. The Bertz CT molecular complexity index is 885. The Morgan fingerprint density at radius 2 is 2.03 bits per heavy atom. The summed E-state index contributed by atoms with van der Waals surface area (Å²) in [4.78, 5) is 16.9. The van der Waals surface area contributed by atoms with E-state index < -0.39 is 11.6 Å². The second-order valence-corrected chi connectivity index (χ2v) is 8.20. The number of carbonyl (C=O) groups excluding carboxylic acids is 1. The molecule has 5 nitrogen and oxygen atoms in total. The third kappa shape index (κ3) is 4.21. The molecule has 0 radical (unpaired) electrons. The van der Waals surface area contributed by atoms with Crippen molar-refractivity contribution in [3.63, 3.8) is 0 Å². The van der Waals surface area contributed by atoms with Gasteiger partial charge in [0, 0.05) is 44.3 Å². The van der Waals surface area contributed by atoms with Crippen molar-refractivity contribution in [1.82, 2.24) is 9.80 Å². The molecule has 0 N–H and O–H groups in total. The number of hydrogen-bond acceptors (Lipinski definition) is 4. The first-order valence-electron chi connectivity index (χ1n) is 10.0. The van der Waals surface area contributed by atoms with E-state index in [0.717, 1.165) is 38.4 Å². The number of carbonyl (C=O) groups is 1. The van der Waals surface area contributed by atoms with Crippen LogP contribution in [0.5, 0.6) is 0 Å². The lowest BCUT2D eigenvalue weighted by Crippen LogP contribution is -2.45. The highest BCUT2D eigenvalue weighted by Gasteiger charge is 2.43. The number of piperidine rings is 1. The highest BCUT2D eigenvalue weighted by molar-refractivity contribution is 5.91. The number of furan rings is 1. The van der Waals surface area contributed by atoms with Gasteiger partial charge in [-0.2, -0.15) is 0 Å². The van der Waals surface area contributed by atoms with Crippen molar-refractivity contribution in [3.8, 4) is 0 Å². The number of benzene rings is 1. The van der Waals surface area contributed by atoms with Gasteiger partial charge >= 0.3 is 0 Å². The second kappa shape index (κ2) is 8.24. The van der Waals surface area contributed by atoms with Crippen LogP contribution in [0.15, 0.2) is 34.7 Å². The molecule has 1 aromatic heterocycles. The van der Waals surface area contributed by atoms with Crippen LogP contribution in [0.4, 0.5) is 8.78 Å². The molecule has 1 aromatic carbocycles. The second-order valence-electron chi connectivity index (χ2n) is 8.20. The van der Waals surface area contributed by atoms with Crippen molar-refractivity contribution in [2.45, 2.75) is 32.4 Å². The zero-order valence-corrected chi connectivity index (χ0v) is 16.6. The number of likely N-dealkylation sites (tertiary alicyclic amines) is 2. The molecule has 2 saturated heterocycles. The summed E-state index contributed by atoms with van der Waals surface area (Å²) in [7, 11) is 1.58. The van der Waals surface area contributed by atoms with Gasteiger partial charge in [0.15, 0.2) is 17.4 Å². The highest BCUT2D eigenvalue weighted by Crippen LogP contribution is 2.40. The minimum Gasteiger partial charge on any atom is -0.453 e. The van der Waals surface area contributed by atoms with Gasteiger partial charge in [-0.1, -0.05) is 12.1 Å². The van der Waals surface area contributed by atoms with Gasteiger partial charge in [-0.15, -0.1) is 0 Å². The van der Waals surface area contributed by atoms with Crippen LogP contribution >= 0.6 is 0 Å². The predicted octanol–water partition coefficient (Wildman–Crippen LogP) is 3.83. The first-order chi connectivity index (χ1) is 14.0. The number of nitrogens with zero attached hydrogens (tertiary/aromatic N) is 2. The Labute approximate surface area is 169 Å². The lowest BCUT2D eigenvalue weighted by molar-refractivity contribution is 0.0643. The summed E-state index contributed by atoms with van der Waals surface area (Å²) >= 11 is 0. The molecule has 0 aliphatic carbocycles. The molecular formula is C22H26F2N2O3. The molecule has 1 atom stereocenters. The van der Waals surface area contributed by atoms with E-state index in [0.29, 0.717) is 43.3 Å². The third-order valence-corrected chi connectivity index (χ3v) is 6.05. The Balaban J connectivity index is 1.41. The van der Waals surface area contributed by atoms with E-state index >= 15 is 0 Å². The number of halogens is 2. The number of methoxy groups -OCH3 is 1. The molecule has 0 saturated carbocycles. The molecule has 4 rings (SSSR count). The van der Waals surface area contributed by atoms with Gasteiger partial charge in [0.05, 0.1) is 0 Å². The van der Waals surface area contributed by atoms with Gasteiger partial charge < -0.3 is 14.1 Å². The van der Waals surface area contributed by atoms with Crippen molar-refractivity contribution in [1.29, 1.82) is 0 Å². The lowest BCUT2D eigenvalue weighted by atomic mass is 9.79. The van der Waals surface area contributed by atoms with Gasteiger partial charge in [0.2, 0.25) is 0 Å². The molecule has 3 heterocycles. The van der Waals surface area contributed by atoms with Crippen molar-refractivity contribution >= 4 is 5.91 Å². The number of ether oxygens (including phenoxy) is 1. The van der Waals surface area contributed by atoms with Crippen molar-refractivity contribution in [2.75, 3.05) is 33.3 Å². The van der Waals surface area contributed by atoms with Crippen LogP contribution < -0.4 is 0 Å². The maximum absolute atomic E-state index is 14.1. The van der Waals surface area contributed by atoms with Crippen LogP contribution in [0, 0.1) is 17.0 Å². The fourth-order valence-electron chi connectivity index (χ4n) is 4.67. The zero-order chi connectivity index (χ0) is 20.4. The highest BCUT2D eigenvalue weighted by atomic mass is 19.2. The molecule has 1 spiro atoms. The standard InChI is InChI=1S/C22H26F2N2O3/c1-28-13-17-6-7-19(29-17)21(27)26-11-9-22(15-26)8-3-10-25(14-22)12-16-4-2-5-18(23)20(16)24/h2,4-7H,3,8-15H2,1H3. The Kier molecular flexibility index (Phi) is 5.69. The molecule has 29 heavy (non-hydrogen) atoms. The molecule has 1 amide bonds. The van der Waals surface area contributed by atoms with Crippen LogP contribution in [0.25, 0.3) is 0 Å². The average molecular weight is 404 g/mol. The number of rotatable bonds is 5. The van der Waals surface area contributed by atoms with Gasteiger partial charge in [0.25, 0.3) is 5.91 Å². The van der Waals surface area contributed by atoms with Gasteiger partial charge in [0.1, 0.15) is 12.4 Å². The zero-order valence-electron chi connectivity index (χ0n) is 16.6. The summed E-state index contributed by atoms with van der Waals surface area (Å²) in [6, 6.07) is 7.78. The Morgan fingerprint density at radius 1 is 1.17 bits per heavy atom. The van der Waals surface area contributed by atoms with E-state index in [9.17, 15) is 13.6 Å². The van der Waals surface area contributed by atoms with E-state index in [2.05, 4.69) is 4.90 Å². The monoisotopic (exact) mass is 404 g/mol. The molecule has 156 valence electrons. The molecule has 2 aromatic rings. The van der Waals surface area contributed by atoms with Gasteiger partial charge in [-0.25, -0.2) is 8.78 Å². The Morgan fingerprint density at radius 3 is 2.86 bits per heavy atom. The summed E-state index contributed by atoms with van der Waals surface area (Å²) in [5.74, 6) is -0.704. The summed E-state index contributed by atoms with van der Waals surface area (Å²) in [6.45, 7) is 3.69. The SMILES string of the molecule is COCc1ccc(C(=O)N2CCC3(CCCN(Cc4cccc(F)c4F)C3)C2)o1.